The van der Waals surface area contributed by atoms with Crippen molar-refractivity contribution in [3.63, 3.8) is 0 Å². The highest BCUT2D eigenvalue weighted by molar-refractivity contribution is 5.22. The zero-order chi connectivity index (χ0) is 14.3. The van der Waals surface area contributed by atoms with E-state index in [0.717, 1.165) is 18.9 Å². The van der Waals surface area contributed by atoms with E-state index in [9.17, 15) is 0 Å². The van der Waals surface area contributed by atoms with Crippen LogP contribution in [0.25, 0.3) is 0 Å². The molecule has 0 radical (unpaired) electrons. The quantitative estimate of drug-likeness (QED) is 0.756. The Morgan fingerprint density at radius 2 is 1.58 bits per heavy atom. The average molecular weight is 261 g/mol. The van der Waals surface area contributed by atoms with Crippen LogP contribution in [0.4, 0.5) is 0 Å². The molecular formula is C18H31N. The zero-order valence-corrected chi connectivity index (χ0v) is 13.4. The van der Waals surface area contributed by atoms with Gasteiger partial charge in [-0.15, -0.1) is 0 Å². The fourth-order valence-corrected chi connectivity index (χ4v) is 2.19. The van der Waals surface area contributed by atoms with Crippen LogP contribution in [0.3, 0.4) is 0 Å². The number of benzene rings is 1. The first-order valence-electron chi connectivity index (χ1n) is 7.73. The summed E-state index contributed by atoms with van der Waals surface area (Å²) in [6, 6.07) is 9.11. The fourth-order valence-electron chi connectivity index (χ4n) is 2.19. The summed E-state index contributed by atoms with van der Waals surface area (Å²) < 4.78 is 0. The van der Waals surface area contributed by atoms with Gasteiger partial charge in [0.05, 0.1) is 0 Å². The normalized spacial score (nSPS) is 13.5. The second kappa shape index (κ2) is 7.69. The van der Waals surface area contributed by atoms with Crippen LogP contribution in [-0.4, -0.2) is 12.1 Å². The van der Waals surface area contributed by atoms with E-state index in [1.807, 2.05) is 0 Å². The van der Waals surface area contributed by atoms with Gasteiger partial charge in [-0.25, -0.2) is 0 Å². The van der Waals surface area contributed by atoms with Crippen LogP contribution in [0.1, 0.15) is 58.6 Å². The van der Waals surface area contributed by atoms with Gasteiger partial charge in [0.25, 0.3) is 0 Å². The lowest BCUT2D eigenvalue weighted by atomic mass is 9.97. The summed E-state index contributed by atoms with van der Waals surface area (Å²) in [5.74, 6) is 0.792. The molecule has 108 valence electrons. The summed E-state index contributed by atoms with van der Waals surface area (Å²) >= 11 is 0. The van der Waals surface area contributed by atoms with Crippen LogP contribution in [0.2, 0.25) is 0 Å². The molecule has 19 heavy (non-hydrogen) atoms. The van der Waals surface area contributed by atoms with Crippen molar-refractivity contribution in [1.82, 2.24) is 5.32 Å². The standard InChI is InChI=1S/C18H31N/c1-6-16-9-11-17(12-10-16)8-7-15(2)13-14-19-18(3,4)5/h9-12,15,19H,6-8,13-14H2,1-5H3. The Morgan fingerprint density at radius 1 is 1.00 bits per heavy atom. The first-order chi connectivity index (χ1) is 8.90. The molecule has 1 N–H and O–H groups in total. The van der Waals surface area contributed by atoms with Crippen LogP contribution in [0.15, 0.2) is 24.3 Å². The van der Waals surface area contributed by atoms with Crippen LogP contribution in [0, 0.1) is 5.92 Å². The fraction of sp³-hybridized carbons (Fsp3) is 0.667. The van der Waals surface area contributed by atoms with Gasteiger partial charge in [-0.2, -0.15) is 0 Å². The molecule has 0 spiro atoms. The SMILES string of the molecule is CCc1ccc(CCC(C)CCNC(C)(C)C)cc1. The highest BCUT2D eigenvalue weighted by atomic mass is 14.9. The van der Waals surface area contributed by atoms with E-state index < -0.39 is 0 Å². The largest absolute Gasteiger partial charge is 0.312 e. The van der Waals surface area contributed by atoms with Crippen LogP contribution in [-0.2, 0) is 12.8 Å². The first-order valence-corrected chi connectivity index (χ1v) is 7.73. The number of hydrogen-bond donors (Lipinski definition) is 1. The van der Waals surface area contributed by atoms with Crippen molar-refractivity contribution >= 4 is 0 Å². The Morgan fingerprint density at radius 3 is 2.11 bits per heavy atom. The lowest BCUT2D eigenvalue weighted by molar-refractivity contribution is 0.386. The topological polar surface area (TPSA) is 12.0 Å². The summed E-state index contributed by atoms with van der Waals surface area (Å²) in [7, 11) is 0. The predicted octanol–water partition coefficient (Wildman–Crippen LogP) is 4.60. The second-order valence-corrected chi connectivity index (χ2v) is 6.78. The molecule has 1 unspecified atom stereocenters. The van der Waals surface area contributed by atoms with Crippen LogP contribution < -0.4 is 5.32 Å². The van der Waals surface area contributed by atoms with E-state index in [-0.39, 0.29) is 5.54 Å². The van der Waals surface area contributed by atoms with Crippen molar-refractivity contribution in [1.29, 1.82) is 0 Å². The monoisotopic (exact) mass is 261 g/mol. The van der Waals surface area contributed by atoms with Gasteiger partial charge in [-0.1, -0.05) is 38.1 Å². The average Bonchev–Trinajstić information content (AvgIpc) is 2.35. The molecule has 0 saturated heterocycles. The van der Waals surface area contributed by atoms with Gasteiger partial charge in [-0.3, -0.25) is 0 Å². The molecule has 0 aromatic heterocycles. The van der Waals surface area contributed by atoms with E-state index in [2.05, 4.69) is 64.2 Å². The van der Waals surface area contributed by atoms with Gasteiger partial charge in [-0.05, 0) is 70.0 Å². The third-order valence-corrected chi connectivity index (χ3v) is 3.65. The maximum Gasteiger partial charge on any atom is 0.00965 e. The van der Waals surface area contributed by atoms with Crippen molar-refractivity contribution < 1.29 is 0 Å². The minimum atomic E-state index is 0.246. The number of aryl methyl sites for hydroxylation is 2. The zero-order valence-electron chi connectivity index (χ0n) is 13.4. The van der Waals surface area contributed by atoms with Crippen molar-refractivity contribution in [2.45, 2.75) is 65.8 Å². The molecule has 0 aliphatic heterocycles. The molecule has 0 amide bonds. The Balaban J connectivity index is 2.23. The third-order valence-electron chi connectivity index (χ3n) is 3.65. The Labute approximate surface area is 119 Å². The smallest absolute Gasteiger partial charge is 0.00965 e. The third kappa shape index (κ3) is 7.37. The van der Waals surface area contributed by atoms with Gasteiger partial charge in [0.15, 0.2) is 0 Å². The molecule has 0 aliphatic carbocycles. The number of hydrogen-bond acceptors (Lipinski definition) is 1. The van der Waals surface area contributed by atoms with Crippen molar-refractivity contribution in [3.8, 4) is 0 Å². The molecule has 0 heterocycles. The summed E-state index contributed by atoms with van der Waals surface area (Å²) in [4.78, 5) is 0. The van der Waals surface area contributed by atoms with Gasteiger partial charge >= 0.3 is 0 Å². The molecule has 1 aromatic carbocycles. The molecule has 1 nitrogen and oxygen atoms in total. The first kappa shape index (κ1) is 16.2. The molecule has 0 aliphatic rings. The lowest BCUT2D eigenvalue weighted by Crippen LogP contribution is -2.36. The highest BCUT2D eigenvalue weighted by Crippen LogP contribution is 2.14. The number of nitrogens with one attached hydrogen (secondary N) is 1. The van der Waals surface area contributed by atoms with Crippen molar-refractivity contribution in [3.05, 3.63) is 35.4 Å². The van der Waals surface area contributed by atoms with Crippen molar-refractivity contribution in [2.24, 2.45) is 5.92 Å². The minimum absolute atomic E-state index is 0.246. The summed E-state index contributed by atoms with van der Waals surface area (Å²) in [6.07, 6.45) is 4.90. The highest BCUT2D eigenvalue weighted by Gasteiger charge is 2.09. The molecule has 1 aromatic rings. The minimum Gasteiger partial charge on any atom is -0.312 e. The molecule has 1 rings (SSSR count). The number of rotatable bonds is 7. The molecule has 1 heteroatoms. The van der Waals surface area contributed by atoms with E-state index in [4.69, 9.17) is 0 Å². The van der Waals surface area contributed by atoms with E-state index in [0.29, 0.717) is 0 Å². The second-order valence-electron chi connectivity index (χ2n) is 6.78. The van der Waals surface area contributed by atoms with Gasteiger partial charge in [0.1, 0.15) is 0 Å². The van der Waals surface area contributed by atoms with Gasteiger partial charge in [0.2, 0.25) is 0 Å². The van der Waals surface area contributed by atoms with Crippen LogP contribution >= 0.6 is 0 Å². The molecular weight excluding hydrogens is 230 g/mol. The molecule has 0 saturated carbocycles. The Kier molecular flexibility index (Phi) is 6.57. The maximum absolute atomic E-state index is 3.57. The molecule has 1 atom stereocenters. The van der Waals surface area contributed by atoms with E-state index in [1.165, 1.54) is 30.4 Å². The summed E-state index contributed by atoms with van der Waals surface area (Å²) in [5, 5.41) is 3.57. The van der Waals surface area contributed by atoms with E-state index >= 15 is 0 Å². The van der Waals surface area contributed by atoms with Crippen LogP contribution in [0.5, 0.6) is 0 Å². The Bertz CT molecular complexity index is 345. The lowest BCUT2D eigenvalue weighted by Gasteiger charge is -2.22. The van der Waals surface area contributed by atoms with E-state index in [1.54, 1.807) is 0 Å². The van der Waals surface area contributed by atoms with Crippen molar-refractivity contribution in [2.75, 3.05) is 6.54 Å². The molecule has 0 bridgehead atoms. The Hall–Kier alpha value is -0.820. The summed E-state index contributed by atoms with van der Waals surface area (Å²) in [6.45, 7) is 12.4. The molecule has 0 fully saturated rings. The summed E-state index contributed by atoms with van der Waals surface area (Å²) in [5.41, 5.74) is 3.16. The van der Waals surface area contributed by atoms with Gasteiger partial charge in [0, 0.05) is 5.54 Å². The maximum atomic E-state index is 3.57. The van der Waals surface area contributed by atoms with Gasteiger partial charge < -0.3 is 5.32 Å². The predicted molar refractivity (Wildman–Crippen MR) is 85.7 cm³/mol.